The molecular weight excluding hydrogens is 408 g/mol. The van der Waals surface area contributed by atoms with E-state index >= 15 is 0 Å². The molecule has 0 atom stereocenters. The predicted octanol–water partition coefficient (Wildman–Crippen LogP) is 4.44. The van der Waals surface area contributed by atoms with Gasteiger partial charge in [-0.2, -0.15) is 0 Å². The van der Waals surface area contributed by atoms with Crippen molar-refractivity contribution in [2.45, 2.75) is 39.4 Å². The molecule has 0 aliphatic rings. The molecule has 0 unspecified atom stereocenters. The summed E-state index contributed by atoms with van der Waals surface area (Å²) in [6.07, 6.45) is 1.66. The molecule has 0 saturated heterocycles. The summed E-state index contributed by atoms with van der Waals surface area (Å²) in [6.45, 7) is 12.2. The smallest absolute Gasteiger partial charge is 0.263 e. The molecule has 4 rings (SSSR count). The van der Waals surface area contributed by atoms with E-state index in [1.807, 2.05) is 42.5 Å². The van der Waals surface area contributed by atoms with E-state index in [0.29, 0.717) is 22.9 Å². The number of hydrogen-bond acceptors (Lipinski definition) is 5. The lowest BCUT2D eigenvalue weighted by atomic mass is 9.93. The van der Waals surface area contributed by atoms with E-state index in [0.717, 1.165) is 27.8 Å². The van der Waals surface area contributed by atoms with Crippen molar-refractivity contribution < 1.29 is 4.79 Å². The normalized spacial score (nSPS) is 11.4. The van der Waals surface area contributed by atoms with E-state index in [2.05, 4.69) is 30.6 Å². The summed E-state index contributed by atoms with van der Waals surface area (Å²) >= 11 is 1.33. The third-order valence-electron chi connectivity index (χ3n) is 5.90. The highest BCUT2D eigenvalue weighted by molar-refractivity contribution is 7.99. The second-order valence-electron chi connectivity index (χ2n) is 7.67. The van der Waals surface area contributed by atoms with Gasteiger partial charge in [0.05, 0.1) is 16.7 Å². The Morgan fingerprint density at radius 1 is 1.10 bits per heavy atom. The van der Waals surface area contributed by atoms with Gasteiger partial charge in [0.25, 0.3) is 5.56 Å². The van der Waals surface area contributed by atoms with Crippen molar-refractivity contribution in [3.63, 3.8) is 0 Å². The second-order valence-corrected chi connectivity index (χ2v) is 8.61. The van der Waals surface area contributed by atoms with Gasteiger partial charge in [-0.15, -0.1) is 16.8 Å². The first-order valence-electron chi connectivity index (χ1n) is 10.1. The number of aromatic nitrogens is 4. The number of thioether (sulfide) groups is 1. The van der Waals surface area contributed by atoms with Gasteiger partial charge in [-0.1, -0.05) is 30.0 Å². The van der Waals surface area contributed by atoms with Crippen molar-refractivity contribution in [3.8, 4) is 0 Å². The summed E-state index contributed by atoms with van der Waals surface area (Å²) in [4.78, 5) is 25.9. The number of rotatable bonds is 6. The summed E-state index contributed by atoms with van der Waals surface area (Å²) in [5, 5.41) is 9.70. The molecule has 2 heterocycles. The Labute approximate surface area is 184 Å². The molecule has 2 aromatic carbocycles. The average Bonchev–Trinajstić information content (AvgIpc) is 3.20. The van der Waals surface area contributed by atoms with Gasteiger partial charge >= 0.3 is 0 Å². The molecule has 0 bridgehead atoms. The minimum absolute atomic E-state index is 0.0502. The molecule has 158 valence electrons. The zero-order valence-corrected chi connectivity index (χ0v) is 18.9. The van der Waals surface area contributed by atoms with Crippen molar-refractivity contribution in [3.05, 3.63) is 81.2 Å². The Morgan fingerprint density at radius 3 is 2.58 bits per heavy atom. The number of carbonyl (C=O) groups is 1. The molecule has 7 heteroatoms. The molecule has 31 heavy (non-hydrogen) atoms. The number of aryl methyl sites for hydroxylation is 1. The van der Waals surface area contributed by atoms with Crippen LogP contribution in [0, 0.1) is 27.7 Å². The van der Waals surface area contributed by atoms with Crippen LogP contribution in [0.3, 0.4) is 0 Å². The fraction of sp³-hybridized carbons (Fsp3) is 0.250. The highest BCUT2D eigenvalue weighted by atomic mass is 32.2. The molecular formula is C24H24N4O2S. The lowest BCUT2D eigenvalue weighted by Gasteiger charge is -2.13. The van der Waals surface area contributed by atoms with Crippen LogP contribution in [0.15, 0.2) is 52.9 Å². The van der Waals surface area contributed by atoms with Crippen molar-refractivity contribution in [1.82, 2.24) is 19.2 Å². The molecule has 0 amide bonds. The molecule has 6 nitrogen and oxygen atoms in total. The van der Waals surface area contributed by atoms with E-state index in [1.165, 1.54) is 17.3 Å². The highest BCUT2D eigenvalue weighted by Crippen LogP contribution is 2.25. The van der Waals surface area contributed by atoms with E-state index in [4.69, 9.17) is 0 Å². The summed E-state index contributed by atoms with van der Waals surface area (Å²) < 4.78 is 3.39. The zero-order valence-electron chi connectivity index (χ0n) is 18.1. The first-order chi connectivity index (χ1) is 14.8. The van der Waals surface area contributed by atoms with E-state index in [9.17, 15) is 9.59 Å². The molecule has 0 spiro atoms. The summed E-state index contributed by atoms with van der Waals surface area (Å²) in [5.74, 6) is 0.726. The van der Waals surface area contributed by atoms with Gasteiger partial charge in [-0.05, 0) is 68.1 Å². The van der Waals surface area contributed by atoms with Gasteiger partial charge in [0.1, 0.15) is 0 Å². The highest BCUT2D eigenvalue weighted by Gasteiger charge is 2.19. The average molecular weight is 433 g/mol. The first kappa shape index (κ1) is 21.1. The molecule has 4 aromatic rings. The summed E-state index contributed by atoms with van der Waals surface area (Å²) in [7, 11) is 0. The quantitative estimate of drug-likeness (QED) is 0.256. The Bertz CT molecular complexity index is 1420. The van der Waals surface area contributed by atoms with Crippen molar-refractivity contribution in [1.29, 1.82) is 0 Å². The minimum Gasteiger partial charge on any atom is -0.293 e. The largest absolute Gasteiger partial charge is 0.293 e. The molecule has 0 fully saturated rings. The third kappa shape index (κ3) is 3.49. The maximum absolute atomic E-state index is 13.1. The van der Waals surface area contributed by atoms with E-state index < -0.39 is 0 Å². The number of ketones is 1. The van der Waals surface area contributed by atoms with Crippen molar-refractivity contribution >= 4 is 34.2 Å². The van der Waals surface area contributed by atoms with Crippen LogP contribution in [-0.4, -0.2) is 30.7 Å². The Hall–Kier alpha value is -3.19. The number of hydrogen-bond donors (Lipinski definition) is 0. The van der Waals surface area contributed by atoms with Crippen LogP contribution >= 0.6 is 11.8 Å². The minimum atomic E-state index is -0.135. The number of Topliss-reactive ketones (excluding diaryl/α,β-unsaturated/α-hetero) is 1. The summed E-state index contributed by atoms with van der Waals surface area (Å²) in [5.41, 5.74) is 5.84. The van der Waals surface area contributed by atoms with Crippen LogP contribution < -0.4 is 5.56 Å². The molecule has 0 radical (unpaired) electrons. The Kier molecular flexibility index (Phi) is 5.54. The maximum atomic E-state index is 13.1. The second kappa shape index (κ2) is 8.15. The lowest BCUT2D eigenvalue weighted by Crippen LogP contribution is -2.22. The first-order valence-corrected chi connectivity index (χ1v) is 11.0. The summed E-state index contributed by atoms with van der Waals surface area (Å²) in [6, 6.07) is 9.34. The molecule has 0 saturated carbocycles. The number of nitrogens with zero attached hydrogens (tertiary/aromatic N) is 4. The number of benzene rings is 2. The number of para-hydroxylation sites is 1. The van der Waals surface area contributed by atoms with E-state index in [1.54, 1.807) is 16.7 Å². The fourth-order valence-corrected chi connectivity index (χ4v) is 4.65. The zero-order chi connectivity index (χ0) is 22.3. The van der Waals surface area contributed by atoms with Crippen LogP contribution in [0.25, 0.3) is 16.7 Å². The monoisotopic (exact) mass is 432 g/mol. The number of carbonyl (C=O) groups excluding carboxylic acids is 1. The standard InChI is InChI=1S/C24H24N4O2S/c1-6-11-27-22(30)18-9-7-8-10-20(18)28-23(27)25-26-24(28)31-13-21(29)19-12-14(2)15(3)16(4)17(19)5/h6-10,12H,1,11,13H2,2-5H3. The van der Waals surface area contributed by atoms with Crippen LogP contribution in [0.1, 0.15) is 32.6 Å². The van der Waals surface area contributed by atoms with Crippen LogP contribution in [-0.2, 0) is 6.54 Å². The van der Waals surface area contributed by atoms with Crippen molar-refractivity contribution in [2.24, 2.45) is 0 Å². The molecule has 0 aliphatic heterocycles. The maximum Gasteiger partial charge on any atom is 0.263 e. The Morgan fingerprint density at radius 2 is 1.84 bits per heavy atom. The molecule has 2 aromatic heterocycles. The van der Waals surface area contributed by atoms with Gasteiger partial charge in [0.15, 0.2) is 10.9 Å². The van der Waals surface area contributed by atoms with Gasteiger partial charge in [0, 0.05) is 12.1 Å². The number of fused-ring (bicyclic) bond motifs is 3. The molecule has 0 aliphatic carbocycles. The topological polar surface area (TPSA) is 69.3 Å². The van der Waals surface area contributed by atoms with Crippen molar-refractivity contribution in [2.75, 3.05) is 5.75 Å². The van der Waals surface area contributed by atoms with Crippen LogP contribution in [0.2, 0.25) is 0 Å². The van der Waals surface area contributed by atoms with Gasteiger partial charge in [-0.25, -0.2) is 0 Å². The Balaban J connectivity index is 1.76. The lowest BCUT2D eigenvalue weighted by molar-refractivity contribution is 0.102. The fourth-order valence-electron chi connectivity index (χ4n) is 3.83. The number of allylic oxidation sites excluding steroid dienone is 1. The van der Waals surface area contributed by atoms with Gasteiger partial charge in [-0.3, -0.25) is 18.6 Å². The van der Waals surface area contributed by atoms with Gasteiger partial charge < -0.3 is 0 Å². The third-order valence-corrected chi connectivity index (χ3v) is 6.83. The van der Waals surface area contributed by atoms with Crippen LogP contribution in [0.4, 0.5) is 0 Å². The van der Waals surface area contributed by atoms with E-state index in [-0.39, 0.29) is 17.1 Å². The predicted molar refractivity (Wildman–Crippen MR) is 125 cm³/mol. The SMILES string of the molecule is C=CCn1c(=O)c2ccccc2n2c(SCC(=O)c3cc(C)c(C)c(C)c3C)nnc12. The van der Waals surface area contributed by atoms with Crippen LogP contribution in [0.5, 0.6) is 0 Å². The van der Waals surface area contributed by atoms with Gasteiger partial charge in [0.2, 0.25) is 5.78 Å². The molecule has 0 N–H and O–H groups in total.